The highest BCUT2D eigenvalue weighted by Crippen LogP contribution is 2.19. The van der Waals surface area contributed by atoms with Crippen LogP contribution in [0.3, 0.4) is 0 Å². The predicted octanol–water partition coefficient (Wildman–Crippen LogP) is 2.34. The molecule has 0 aliphatic heterocycles. The Kier molecular flexibility index (Phi) is 8.12. The number of benzene rings is 1. The molecule has 1 aromatic rings. The molecular weight excluding hydrogens is 309 g/mol. The van der Waals surface area contributed by atoms with Crippen LogP contribution in [0.15, 0.2) is 24.3 Å². The molecule has 0 heterocycles. The van der Waals surface area contributed by atoms with E-state index < -0.39 is 12.8 Å². The summed E-state index contributed by atoms with van der Waals surface area (Å²) in [5.41, 5.74) is 0.406. The molecule has 1 aromatic carbocycles. The van der Waals surface area contributed by atoms with Crippen molar-refractivity contribution in [1.82, 2.24) is 10.2 Å². The lowest BCUT2D eigenvalue weighted by Crippen LogP contribution is -2.32. The molecule has 0 atom stereocenters. The number of ether oxygens (including phenoxy) is 1. The molecule has 0 unspecified atom stereocenters. The predicted molar refractivity (Wildman–Crippen MR) is 76.1 cm³/mol. The lowest BCUT2D eigenvalue weighted by atomic mass is 10.2. The van der Waals surface area contributed by atoms with E-state index >= 15 is 0 Å². The van der Waals surface area contributed by atoms with Crippen molar-refractivity contribution < 1.29 is 22.7 Å². The normalized spacial score (nSPS) is 10.7. The summed E-state index contributed by atoms with van der Waals surface area (Å²) in [7, 11) is 3.44. The minimum Gasteiger partial charge on any atom is -0.484 e. The smallest absolute Gasteiger partial charge is 0.422 e. The fourth-order valence-electron chi connectivity index (χ4n) is 1.46. The van der Waals surface area contributed by atoms with Crippen LogP contribution in [0.2, 0.25) is 0 Å². The minimum atomic E-state index is -4.37. The summed E-state index contributed by atoms with van der Waals surface area (Å²) < 4.78 is 40.5. The largest absolute Gasteiger partial charge is 0.484 e. The molecule has 120 valence electrons. The van der Waals surface area contributed by atoms with Crippen LogP contribution < -0.4 is 10.1 Å². The van der Waals surface area contributed by atoms with Gasteiger partial charge in [-0.3, -0.25) is 4.79 Å². The van der Waals surface area contributed by atoms with Gasteiger partial charge in [-0.25, -0.2) is 0 Å². The van der Waals surface area contributed by atoms with E-state index in [2.05, 4.69) is 10.1 Å². The van der Waals surface area contributed by atoms with Gasteiger partial charge in [0.15, 0.2) is 6.61 Å². The molecule has 4 nitrogen and oxygen atoms in total. The van der Waals surface area contributed by atoms with E-state index in [9.17, 15) is 18.0 Å². The number of carbonyl (C=O) groups excluding carboxylic acids is 1. The molecule has 0 fully saturated rings. The Morgan fingerprint density at radius 3 is 2.33 bits per heavy atom. The Balaban J connectivity index is 0.00000400. The number of nitrogens with zero attached hydrogens (tertiary/aromatic N) is 1. The van der Waals surface area contributed by atoms with Crippen molar-refractivity contribution in [2.24, 2.45) is 0 Å². The molecule has 21 heavy (non-hydrogen) atoms. The molecule has 0 radical (unpaired) electrons. The van der Waals surface area contributed by atoms with Gasteiger partial charge < -0.3 is 15.0 Å². The second-order valence-corrected chi connectivity index (χ2v) is 4.26. The molecule has 0 bridgehead atoms. The summed E-state index contributed by atoms with van der Waals surface area (Å²) in [6, 6.07) is 5.60. The van der Waals surface area contributed by atoms with Crippen molar-refractivity contribution in [2.45, 2.75) is 6.18 Å². The maximum absolute atomic E-state index is 12.0. The second-order valence-electron chi connectivity index (χ2n) is 4.26. The van der Waals surface area contributed by atoms with Crippen LogP contribution >= 0.6 is 12.4 Å². The maximum atomic E-state index is 12.0. The highest BCUT2D eigenvalue weighted by Gasteiger charge is 2.28. The third-order valence-corrected chi connectivity index (χ3v) is 2.55. The molecule has 0 saturated heterocycles. The fraction of sp³-hybridized carbons (Fsp3) is 0.462. The average molecular weight is 327 g/mol. The van der Waals surface area contributed by atoms with Gasteiger partial charge in [0, 0.05) is 25.7 Å². The molecule has 8 heteroatoms. The van der Waals surface area contributed by atoms with Gasteiger partial charge in [-0.05, 0) is 31.3 Å². The molecule has 0 aromatic heterocycles. The lowest BCUT2D eigenvalue weighted by molar-refractivity contribution is -0.153. The number of alkyl halides is 3. The van der Waals surface area contributed by atoms with Gasteiger partial charge in [-0.2, -0.15) is 13.2 Å². The Hall–Kier alpha value is -1.47. The molecule has 0 aliphatic carbocycles. The van der Waals surface area contributed by atoms with Crippen molar-refractivity contribution in [3.8, 4) is 5.75 Å². The van der Waals surface area contributed by atoms with Crippen molar-refractivity contribution in [2.75, 3.05) is 33.8 Å². The molecule has 0 spiro atoms. The van der Waals surface area contributed by atoms with Gasteiger partial charge in [0.1, 0.15) is 5.75 Å². The van der Waals surface area contributed by atoms with Crippen LogP contribution in [-0.2, 0) is 0 Å². The number of hydrogen-bond donors (Lipinski definition) is 1. The Morgan fingerprint density at radius 2 is 1.86 bits per heavy atom. The van der Waals surface area contributed by atoms with E-state index in [1.54, 1.807) is 14.1 Å². The lowest BCUT2D eigenvalue weighted by Gasteiger charge is -2.17. The van der Waals surface area contributed by atoms with E-state index in [0.717, 1.165) is 0 Å². The monoisotopic (exact) mass is 326 g/mol. The summed E-state index contributed by atoms with van der Waals surface area (Å²) in [6.07, 6.45) is -4.37. The van der Waals surface area contributed by atoms with E-state index in [1.165, 1.54) is 29.2 Å². The zero-order valence-corrected chi connectivity index (χ0v) is 12.6. The summed E-state index contributed by atoms with van der Waals surface area (Å²) >= 11 is 0. The van der Waals surface area contributed by atoms with Gasteiger partial charge in [0.25, 0.3) is 5.91 Å². The number of halogens is 4. The topological polar surface area (TPSA) is 41.6 Å². The van der Waals surface area contributed by atoms with Crippen LogP contribution in [0, 0.1) is 0 Å². The third kappa shape index (κ3) is 7.19. The summed E-state index contributed by atoms with van der Waals surface area (Å²) in [5, 5.41) is 2.92. The quantitative estimate of drug-likeness (QED) is 0.872. The molecule has 0 aliphatic rings. The van der Waals surface area contributed by atoms with Crippen molar-refractivity contribution >= 4 is 18.3 Å². The second kappa shape index (κ2) is 8.74. The molecular formula is C13H18ClF3N2O2. The Labute approximate surface area is 127 Å². The van der Waals surface area contributed by atoms with Crippen LogP contribution in [0.25, 0.3) is 0 Å². The van der Waals surface area contributed by atoms with Gasteiger partial charge in [-0.1, -0.05) is 0 Å². The Morgan fingerprint density at radius 1 is 1.29 bits per heavy atom. The summed E-state index contributed by atoms with van der Waals surface area (Å²) in [4.78, 5) is 13.5. The maximum Gasteiger partial charge on any atom is 0.422 e. The molecule has 1 amide bonds. The van der Waals surface area contributed by atoms with Gasteiger partial charge in [0.2, 0.25) is 0 Å². The van der Waals surface area contributed by atoms with Crippen LogP contribution in [-0.4, -0.2) is 50.8 Å². The first-order valence-corrected chi connectivity index (χ1v) is 6.03. The fourth-order valence-corrected chi connectivity index (χ4v) is 1.46. The van der Waals surface area contributed by atoms with Crippen LogP contribution in [0.5, 0.6) is 5.75 Å². The van der Waals surface area contributed by atoms with Crippen molar-refractivity contribution in [1.29, 1.82) is 0 Å². The third-order valence-electron chi connectivity index (χ3n) is 2.55. The van der Waals surface area contributed by atoms with Gasteiger partial charge in [-0.15, -0.1) is 12.4 Å². The number of carbonyl (C=O) groups is 1. The van der Waals surface area contributed by atoms with E-state index in [-0.39, 0.29) is 24.1 Å². The highest BCUT2D eigenvalue weighted by atomic mass is 35.5. The number of likely N-dealkylation sites (N-methyl/N-ethyl adjacent to an activating group) is 2. The summed E-state index contributed by atoms with van der Waals surface area (Å²) in [6.45, 7) is -0.140. The standard InChI is InChI=1S/C13H17F3N2O2.ClH/c1-17-7-8-18(2)12(19)10-3-5-11(6-4-10)20-9-13(14,15)16;/h3-6,17H,7-9H2,1-2H3;1H. The van der Waals surface area contributed by atoms with E-state index in [0.29, 0.717) is 18.7 Å². The highest BCUT2D eigenvalue weighted by molar-refractivity contribution is 5.94. The first-order chi connectivity index (χ1) is 9.33. The first-order valence-electron chi connectivity index (χ1n) is 6.03. The number of nitrogens with one attached hydrogen (secondary N) is 1. The zero-order chi connectivity index (χ0) is 15.2. The van der Waals surface area contributed by atoms with Gasteiger partial charge >= 0.3 is 6.18 Å². The number of rotatable bonds is 6. The SMILES string of the molecule is CNCCN(C)C(=O)c1ccc(OCC(F)(F)F)cc1.Cl. The zero-order valence-electron chi connectivity index (χ0n) is 11.7. The van der Waals surface area contributed by atoms with Crippen LogP contribution in [0.1, 0.15) is 10.4 Å². The van der Waals surface area contributed by atoms with E-state index in [4.69, 9.17) is 0 Å². The van der Waals surface area contributed by atoms with Gasteiger partial charge in [0.05, 0.1) is 0 Å². The van der Waals surface area contributed by atoms with E-state index in [1.807, 2.05) is 0 Å². The number of amides is 1. The summed E-state index contributed by atoms with van der Waals surface area (Å²) in [5.74, 6) is -0.112. The molecule has 1 rings (SSSR count). The number of hydrogen-bond acceptors (Lipinski definition) is 3. The minimum absolute atomic E-state index is 0. The van der Waals surface area contributed by atoms with Crippen LogP contribution in [0.4, 0.5) is 13.2 Å². The van der Waals surface area contributed by atoms with Crippen molar-refractivity contribution in [3.63, 3.8) is 0 Å². The molecule has 0 saturated carbocycles. The van der Waals surface area contributed by atoms with Crippen molar-refractivity contribution in [3.05, 3.63) is 29.8 Å². The average Bonchev–Trinajstić information content (AvgIpc) is 2.41. The first kappa shape index (κ1) is 19.5. The Bertz CT molecular complexity index is 438. The molecule has 1 N–H and O–H groups in total.